The molecule has 0 fully saturated rings. The van der Waals surface area contributed by atoms with E-state index in [-0.39, 0.29) is 5.91 Å². The summed E-state index contributed by atoms with van der Waals surface area (Å²) in [4.78, 5) is 12.6. The fourth-order valence-electron chi connectivity index (χ4n) is 2.39. The summed E-state index contributed by atoms with van der Waals surface area (Å²) in [7, 11) is 6.24. The van der Waals surface area contributed by atoms with Crippen molar-refractivity contribution in [1.82, 2.24) is 5.32 Å². The van der Waals surface area contributed by atoms with Crippen molar-refractivity contribution in [2.45, 2.75) is 6.54 Å². The predicted octanol–water partition coefficient (Wildman–Crippen LogP) is 3.26. The smallest absolute Gasteiger partial charge is 0.252 e. The molecule has 0 atom stereocenters. The summed E-state index contributed by atoms with van der Waals surface area (Å²) < 4.78 is 21.9. The van der Waals surface area contributed by atoms with Crippen LogP contribution in [0.5, 0.6) is 23.0 Å². The lowest BCUT2D eigenvalue weighted by molar-refractivity contribution is 0.0949. The third kappa shape index (κ3) is 4.28. The highest BCUT2D eigenvalue weighted by Crippen LogP contribution is 2.32. The molecule has 25 heavy (non-hydrogen) atoms. The second kappa shape index (κ2) is 8.80. The van der Waals surface area contributed by atoms with Gasteiger partial charge in [0.25, 0.3) is 5.91 Å². The van der Waals surface area contributed by atoms with Crippen LogP contribution in [0.25, 0.3) is 0 Å². The normalized spacial score (nSPS) is 10.1. The Morgan fingerprint density at radius 3 is 2.20 bits per heavy atom. The molecular weight excluding hydrogens is 437 g/mol. The maximum atomic E-state index is 12.6. The van der Waals surface area contributed by atoms with Crippen molar-refractivity contribution in [3.8, 4) is 23.0 Å². The summed E-state index contributed by atoms with van der Waals surface area (Å²) in [5.41, 5.74) is 1.34. The van der Waals surface area contributed by atoms with Crippen LogP contribution < -0.4 is 24.3 Å². The van der Waals surface area contributed by atoms with Crippen LogP contribution in [0.15, 0.2) is 30.3 Å². The molecular formula is C18H20INO5. The summed E-state index contributed by atoms with van der Waals surface area (Å²) in [6, 6.07) is 8.96. The van der Waals surface area contributed by atoms with Crippen molar-refractivity contribution >= 4 is 28.5 Å². The molecule has 0 aliphatic heterocycles. The Bertz CT molecular complexity index is 763. The quantitative estimate of drug-likeness (QED) is 0.647. The molecule has 1 amide bonds. The van der Waals surface area contributed by atoms with Crippen LogP contribution in [0.4, 0.5) is 0 Å². The number of hydrogen-bond acceptors (Lipinski definition) is 5. The lowest BCUT2D eigenvalue weighted by Gasteiger charge is -2.14. The number of nitrogens with one attached hydrogen (secondary N) is 1. The van der Waals surface area contributed by atoms with Crippen LogP contribution in [0.1, 0.15) is 15.9 Å². The van der Waals surface area contributed by atoms with Gasteiger partial charge < -0.3 is 24.3 Å². The van der Waals surface area contributed by atoms with Gasteiger partial charge in [-0.3, -0.25) is 4.79 Å². The SMILES string of the molecule is COc1cc(I)c(C(=O)NCc2cccc(OC)c2OC)cc1OC. The topological polar surface area (TPSA) is 66.0 Å². The van der Waals surface area contributed by atoms with Gasteiger partial charge in [-0.15, -0.1) is 0 Å². The summed E-state index contributed by atoms with van der Waals surface area (Å²) >= 11 is 2.10. The number of ether oxygens (including phenoxy) is 4. The zero-order valence-corrected chi connectivity index (χ0v) is 16.7. The number of benzene rings is 2. The van der Waals surface area contributed by atoms with Gasteiger partial charge in [0.15, 0.2) is 23.0 Å². The highest BCUT2D eigenvalue weighted by Gasteiger charge is 2.16. The molecule has 134 valence electrons. The van der Waals surface area contributed by atoms with E-state index >= 15 is 0 Å². The molecule has 1 N–H and O–H groups in total. The lowest BCUT2D eigenvalue weighted by atomic mass is 10.1. The van der Waals surface area contributed by atoms with Crippen molar-refractivity contribution in [2.75, 3.05) is 28.4 Å². The van der Waals surface area contributed by atoms with Gasteiger partial charge in [0.2, 0.25) is 0 Å². The first-order valence-electron chi connectivity index (χ1n) is 7.45. The Labute approximate surface area is 160 Å². The van der Waals surface area contributed by atoms with Crippen molar-refractivity contribution in [2.24, 2.45) is 0 Å². The summed E-state index contributed by atoms with van der Waals surface area (Å²) in [6.45, 7) is 0.309. The summed E-state index contributed by atoms with van der Waals surface area (Å²) in [5.74, 6) is 2.10. The fraction of sp³-hybridized carbons (Fsp3) is 0.278. The molecule has 2 aromatic carbocycles. The number of para-hydroxylation sites is 1. The molecule has 0 bridgehead atoms. The molecule has 6 nitrogen and oxygen atoms in total. The standard InChI is InChI=1S/C18H20INO5/c1-22-14-7-5-6-11(17(14)25-4)10-20-18(21)12-8-15(23-2)16(24-3)9-13(12)19/h5-9H,10H2,1-4H3,(H,20,21). The maximum absolute atomic E-state index is 12.6. The Balaban J connectivity index is 2.21. The first-order valence-corrected chi connectivity index (χ1v) is 8.53. The van der Waals surface area contributed by atoms with Crippen molar-refractivity contribution < 1.29 is 23.7 Å². The van der Waals surface area contributed by atoms with E-state index in [1.54, 1.807) is 39.5 Å². The number of carbonyl (C=O) groups is 1. The third-order valence-electron chi connectivity index (χ3n) is 3.64. The molecule has 2 rings (SSSR count). The van der Waals surface area contributed by atoms with Crippen molar-refractivity contribution in [1.29, 1.82) is 0 Å². The second-order valence-electron chi connectivity index (χ2n) is 5.02. The van der Waals surface area contributed by atoms with E-state index in [2.05, 4.69) is 27.9 Å². The Kier molecular flexibility index (Phi) is 6.74. The van der Waals surface area contributed by atoms with Crippen molar-refractivity contribution in [3.05, 3.63) is 45.0 Å². The van der Waals surface area contributed by atoms with E-state index in [1.165, 1.54) is 7.11 Å². The number of hydrogen-bond donors (Lipinski definition) is 1. The number of methoxy groups -OCH3 is 4. The number of rotatable bonds is 7. The Hall–Kier alpha value is -2.16. The van der Waals surface area contributed by atoms with Gasteiger partial charge in [-0.1, -0.05) is 12.1 Å². The molecule has 0 aliphatic carbocycles. The van der Waals surface area contributed by atoms with E-state index in [0.29, 0.717) is 35.1 Å². The average Bonchev–Trinajstić information content (AvgIpc) is 2.65. The van der Waals surface area contributed by atoms with Crippen LogP contribution in [-0.4, -0.2) is 34.3 Å². The molecule has 0 aromatic heterocycles. The highest BCUT2D eigenvalue weighted by atomic mass is 127. The van der Waals surface area contributed by atoms with Gasteiger partial charge in [-0.05, 0) is 40.8 Å². The molecule has 2 aromatic rings. The number of halogens is 1. The minimum Gasteiger partial charge on any atom is -0.493 e. The monoisotopic (exact) mass is 457 g/mol. The van der Waals surface area contributed by atoms with E-state index in [4.69, 9.17) is 18.9 Å². The van der Waals surface area contributed by atoms with Gasteiger partial charge in [0.1, 0.15) is 0 Å². The van der Waals surface area contributed by atoms with Crippen molar-refractivity contribution in [3.63, 3.8) is 0 Å². The molecule has 0 aliphatic rings. The van der Waals surface area contributed by atoms with E-state index in [0.717, 1.165) is 9.13 Å². The zero-order chi connectivity index (χ0) is 18.4. The van der Waals surface area contributed by atoms with Crippen LogP contribution in [0.3, 0.4) is 0 Å². The molecule has 0 saturated heterocycles. The van der Waals surface area contributed by atoms with E-state index in [9.17, 15) is 4.79 Å². The molecule has 0 unspecified atom stereocenters. The average molecular weight is 457 g/mol. The van der Waals surface area contributed by atoms with Crippen LogP contribution in [0, 0.1) is 3.57 Å². The highest BCUT2D eigenvalue weighted by molar-refractivity contribution is 14.1. The largest absolute Gasteiger partial charge is 0.493 e. The van der Waals surface area contributed by atoms with Gasteiger partial charge in [0, 0.05) is 15.7 Å². The predicted molar refractivity (Wildman–Crippen MR) is 103 cm³/mol. The van der Waals surface area contributed by atoms with Gasteiger partial charge >= 0.3 is 0 Å². The second-order valence-corrected chi connectivity index (χ2v) is 6.18. The minimum atomic E-state index is -0.213. The molecule has 0 spiro atoms. The molecule has 0 saturated carbocycles. The summed E-state index contributed by atoms with van der Waals surface area (Å²) in [5, 5.41) is 2.90. The first-order chi connectivity index (χ1) is 12.0. The van der Waals surface area contributed by atoms with Crippen LogP contribution in [-0.2, 0) is 6.54 Å². The van der Waals surface area contributed by atoms with Gasteiger partial charge in [-0.2, -0.15) is 0 Å². The van der Waals surface area contributed by atoms with Crippen LogP contribution in [0.2, 0.25) is 0 Å². The Morgan fingerprint density at radius 2 is 1.60 bits per heavy atom. The summed E-state index contributed by atoms with van der Waals surface area (Å²) in [6.07, 6.45) is 0. The Morgan fingerprint density at radius 1 is 0.960 bits per heavy atom. The number of carbonyl (C=O) groups excluding carboxylic acids is 1. The molecule has 7 heteroatoms. The zero-order valence-electron chi connectivity index (χ0n) is 14.5. The lowest BCUT2D eigenvalue weighted by Crippen LogP contribution is -2.24. The first kappa shape index (κ1) is 19.2. The third-order valence-corrected chi connectivity index (χ3v) is 4.53. The van der Waals surface area contributed by atoms with Gasteiger partial charge in [-0.25, -0.2) is 0 Å². The molecule has 0 radical (unpaired) electrons. The maximum Gasteiger partial charge on any atom is 0.252 e. The van der Waals surface area contributed by atoms with Crippen LogP contribution >= 0.6 is 22.6 Å². The minimum absolute atomic E-state index is 0.213. The number of amides is 1. The van der Waals surface area contributed by atoms with E-state index in [1.807, 2.05) is 12.1 Å². The molecule has 0 heterocycles. The van der Waals surface area contributed by atoms with E-state index < -0.39 is 0 Å². The van der Waals surface area contributed by atoms with Gasteiger partial charge in [0.05, 0.1) is 34.0 Å². The fourth-order valence-corrected chi connectivity index (χ4v) is 3.08.